The Labute approximate surface area is 300 Å². The number of hydrogen-bond acceptors (Lipinski definition) is 10. The van der Waals surface area contributed by atoms with Crippen LogP contribution in [-0.2, 0) is 49.6 Å². The monoisotopic (exact) mass is 758 g/mol. The zero-order chi connectivity index (χ0) is 40.0. The highest BCUT2D eigenvalue weighted by Crippen LogP contribution is 2.29. The molecule has 0 bridgehead atoms. The van der Waals surface area contributed by atoms with Crippen molar-refractivity contribution >= 4 is 47.0 Å². The first-order chi connectivity index (χ1) is 24.8. The molecule has 3 atom stereocenters. The number of primary amides is 1. The lowest BCUT2D eigenvalue weighted by atomic mass is 9.99. The molecule has 2 aromatic rings. The maximum Gasteiger partial charge on any atom is 0.313 e. The zero-order valence-corrected chi connectivity index (χ0v) is 29.1. The Bertz CT molecular complexity index is 1660. The van der Waals surface area contributed by atoms with Crippen molar-refractivity contribution in [1.82, 2.24) is 10.6 Å². The largest absolute Gasteiger partial charge is 0.461 e. The maximum absolute atomic E-state index is 13.7. The number of carbonyl (C=O) groups excluding carboxylic acids is 7. The number of anilines is 1. The van der Waals surface area contributed by atoms with Gasteiger partial charge in [-0.1, -0.05) is 32.9 Å². The van der Waals surface area contributed by atoms with Crippen LogP contribution in [0.25, 0.3) is 0 Å². The Morgan fingerprint density at radius 3 is 1.87 bits per heavy atom. The molecular formula is C34H39F5N4O10. The Kier molecular flexibility index (Phi) is 16.9. The molecule has 19 heteroatoms. The molecule has 290 valence electrons. The molecule has 0 aliphatic heterocycles. The molecule has 2 aromatic carbocycles. The lowest BCUT2D eigenvalue weighted by Gasteiger charge is -2.21. The molecule has 2 rings (SSSR count). The Balaban J connectivity index is 1.79. The Hall–Kier alpha value is -5.46. The average molecular weight is 759 g/mol. The Morgan fingerprint density at radius 2 is 1.30 bits per heavy atom. The number of halogens is 5. The summed E-state index contributed by atoms with van der Waals surface area (Å²) in [5.74, 6) is -20.2. The number of ketones is 1. The van der Waals surface area contributed by atoms with Gasteiger partial charge in [-0.25, -0.2) is 13.2 Å². The standard InChI is InChI=1S/C34H39F5N4O10/c1-16(2)34(50)52-15-19-5-7-20(8-6-19)42-33(49)21(14-23(40)45)43-32(48)17(3)13-22(44)18(4)41-24(46)9-11-51-12-10-25(47)53-31-29(38)27(36)26(35)28(37)30(31)39/h5-8,16-18,21H,9-15H2,1-4H3,(H2,40,45)(H,41,46)(H,42,49)(H,43,48)/t17-,18+,21+/m1/s1. The van der Waals surface area contributed by atoms with Crippen LogP contribution in [0.3, 0.4) is 0 Å². The molecule has 0 fully saturated rings. The van der Waals surface area contributed by atoms with E-state index >= 15 is 0 Å². The molecule has 0 unspecified atom stereocenters. The number of ether oxygens (including phenoxy) is 3. The van der Waals surface area contributed by atoms with E-state index in [-0.39, 0.29) is 37.9 Å². The van der Waals surface area contributed by atoms with Crippen molar-refractivity contribution in [3.05, 3.63) is 58.9 Å². The topological polar surface area (TPSA) is 209 Å². The van der Waals surface area contributed by atoms with Gasteiger partial charge in [0.15, 0.2) is 5.78 Å². The summed E-state index contributed by atoms with van der Waals surface area (Å²) in [6.45, 7) is 5.38. The number of benzene rings is 2. The molecule has 53 heavy (non-hydrogen) atoms. The quantitative estimate of drug-likeness (QED) is 0.0388. The van der Waals surface area contributed by atoms with Crippen molar-refractivity contribution < 1.29 is 69.7 Å². The lowest BCUT2D eigenvalue weighted by molar-refractivity contribution is -0.148. The highest BCUT2D eigenvalue weighted by molar-refractivity contribution is 6.00. The smallest absolute Gasteiger partial charge is 0.313 e. The third kappa shape index (κ3) is 13.9. The molecule has 0 heterocycles. The van der Waals surface area contributed by atoms with Crippen LogP contribution in [0, 0.1) is 40.9 Å². The summed E-state index contributed by atoms with van der Waals surface area (Å²) in [6, 6.07) is 3.80. The second kappa shape index (κ2) is 20.5. The summed E-state index contributed by atoms with van der Waals surface area (Å²) in [4.78, 5) is 85.8. The molecular weight excluding hydrogens is 719 g/mol. The number of hydrogen-bond donors (Lipinski definition) is 4. The summed E-state index contributed by atoms with van der Waals surface area (Å²) in [5, 5.41) is 7.34. The molecule has 0 aromatic heterocycles. The molecule has 5 N–H and O–H groups in total. The molecule has 0 saturated heterocycles. The van der Waals surface area contributed by atoms with E-state index < -0.39 is 108 Å². The fourth-order valence-corrected chi connectivity index (χ4v) is 4.19. The minimum absolute atomic E-state index is 0.0208. The highest BCUT2D eigenvalue weighted by atomic mass is 19.2. The Morgan fingerprint density at radius 1 is 0.736 bits per heavy atom. The summed E-state index contributed by atoms with van der Waals surface area (Å²) in [5.41, 5.74) is 6.22. The number of nitrogens with one attached hydrogen (secondary N) is 3. The van der Waals surface area contributed by atoms with E-state index in [2.05, 4.69) is 20.7 Å². The molecule has 0 aliphatic rings. The van der Waals surface area contributed by atoms with Crippen LogP contribution in [0.15, 0.2) is 24.3 Å². The maximum atomic E-state index is 13.7. The number of Topliss-reactive ketones (excluding diaryl/α,β-unsaturated/α-hetero) is 1. The minimum atomic E-state index is -2.42. The van der Waals surface area contributed by atoms with Crippen LogP contribution >= 0.6 is 0 Å². The predicted molar refractivity (Wildman–Crippen MR) is 174 cm³/mol. The van der Waals surface area contributed by atoms with E-state index in [0.29, 0.717) is 11.3 Å². The first kappa shape index (κ1) is 43.7. The van der Waals surface area contributed by atoms with Gasteiger partial charge in [0.05, 0.1) is 38.0 Å². The van der Waals surface area contributed by atoms with Gasteiger partial charge >= 0.3 is 11.9 Å². The molecule has 0 spiro atoms. The van der Waals surface area contributed by atoms with Crippen LogP contribution in [0.5, 0.6) is 5.75 Å². The van der Waals surface area contributed by atoms with Gasteiger partial charge < -0.3 is 35.9 Å². The van der Waals surface area contributed by atoms with E-state index in [1.54, 1.807) is 26.0 Å². The van der Waals surface area contributed by atoms with Gasteiger partial charge in [-0.15, -0.1) is 0 Å². The second-order valence-electron chi connectivity index (χ2n) is 12.0. The van der Waals surface area contributed by atoms with Crippen molar-refractivity contribution in [1.29, 1.82) is 0 Å². The van der Waals surface area contributed by atoms with Gasteiger partial charge in [0.25, 0.3) is 0 Å². The average Bonchev–Trinajstić information content (AvgIpc) is 3.10. The van der Waals surface area contributed by atoms with E-state index in [1.165, 1.54) is 26.0 Å². The normalized spacial score (nSPS) is 12.6. The fraction of sp³-hybridized carbons (Fsp3) is 0.441. The van der Waals surface area contributed by atoms with E-state index in [0.717, 1.165) is 0 Å². The highest BCUT2D eigenvalue weighted by Gasteiger charge is 2.29. The summed E-state index contributed by atoms with van der Waals surface area (Å²) >= 11 is 0. The molecule has 14 nitrogen and oxygen atoms in total. The molecule has 0 radical (unpaired) electrons. The van der Waals surface area contributed by atoms with Gasteiger partial charge in [-0.3, -0.25) is 33.6 Å². The number of carbonyl (C=O) groups is 7. The van der Waals surface area contributed by atoms with Crippen LogP contribution in [0.1, 0.15) is 58.9 Å². The molecule has 4 amide bonds. The summed E-state index contributed by atoms with van der Waals surface area (Å²) in [7, 11) is 0. The van der Waals surface area contributed by atoms with E-state index in [4.69, 9.17) is 15.2 Å². The zero-order valence-electron chi connectivity index (χ0n) is 29.1. The van der Waals surface area contributed by atoms with Crippen LogP contribution < -0.4 is 26.4 Å². The molecule has 0 aliphatic carbocycles. The van der Waals surface area contributed by atoms with Gasteiger partial charge in [0.2, 0.25) is 58.5 Å². The van der Waals surface area contributed by atoms with Gasteiger partial charge in [0.1, 0.15) is 12.6 Å². The summed E-state index contributed by atoms with van der Waals surface area (Å²) < 4.78 is 81.4. The van der Waals surface area contributed by atoms with Crippen LogP contribution in [0.4, 0.5) is 27.6 Å². The van der Waals surface area contributed by atoms with Gasteiger partial charge in [-0.05, 0) is 24.6 Å². The van der Waals surface area contributed by atoms with E-state index in [9.17, 15) is 55.5 Å². The van der Waals surface area contributed by atoms with Gasteiger partial charge in [0, 0.05) is 24.4 Å². The lowest BCUT2D eigenvalue weighted by Crippen LogP contribution is -2.48. The third-order valence-corrected chi connectivity index (χ3v) is 7.24. The van der Waals surface area contributed by atoms with Crippen molar-refractivity contribution in [3.8, 4) is 5.75 Å². The third-order valence-electron chi connectivity index (χ3n) is 7.24. The SMILES string of the molecule is CC(C)C(=O)OCc1ccc(NC(=O)[C@H](CC(N)=O)NC(=O)[C@H](C)CC(=O)[C@H](C)NC(=O)CCOCCC(=O)Oc2c(F)c(F)c(F)c(F)c2F)cc1. The second-order valence-corrected chi connectivity index (χ2v) is 12.0. The number of nitrogens with two attached hydrogens (primary N) is 1. The van der Waals surface area contributed by atoms with Gasteiger partial charge in [-0.2, -0.15) is 8.78 Å². The number of rotatable bonds is 20. The van der Waals surface area contributed by atoms with Crippen molar-refractivity contribution in [2.75, 3.05) is 18.5 Å². The van der Waals surface area contributed by atoms with Crippen molar-refractivity contribution in [3.63, 3.8) is 0 Å². The van der Waals surface area contributed by atoms with Crippen LogP contribution in [0.2, 0.25) is 0 Å². The number of esters is 2. The minimum Gasteiger partial charge on any atom is -0.461 e. The fourth-order valence-electron chi connectivity index (χ4n) is 4.19. The molecule has 0 saturated carbocycles. The van der Waals surface area contributed by atoms with E-state index in [1.807, 2.05) is 0 Å². The summed E-state index contributed by atoms with van der Waals surface area (Å²) in [6.07, 6.45) is -1.92. The number of amides is 4. The van der Waals surface area contributed by atoms with Crippen molar-refractivity contribution in [2.45, 2.75) is 72.1 Å². The first-order valence-corrected chi connectivity index (χ1v) is 16.1. The van der Waals surface area contributed by atoms with Crippen molar-refractivity contribution in [2.24, 2.45) is 17.6 Å². The first-order valence-electron chi connectivity index (χ1n) is 16.1. The predicted octanol–water partition coefficient (Wildman–Crippen LogP) is 2.88. The van der Waals surface area contributed by atoms with Crippen LogP contribution in [-0.4, -0.2) is 66.6 Å².